The Morgan fingerprint density at radius 2 is 1.80 bits per heavy atom. The van der Waals surface area contributed by atoms with Crippen molar-refractivity contribution >= 4 is 33.3 Å². The molecule has 2 N–H and O–H groups in total. The van der Waals surface area contributed by atoms with Crippen LogP contribution in [-0.2, 0) is 0 Å². The maximum Gasteiger partial charge on any atom is 0.323 e. The highest BCUT2D eigenvalue weighted by molar-refractivity contribution is 9.10. The van der Waals surface area contributed by atoms with E-state index < -0.39 is 0 Å². The molecule has 0 saturated carbocycles. The van der Waals surface area contributed by atoms with Crippen molar-refractivity contribution in [3.8, 4) is 5.75 Å². The Morgan fingerprint density at radius 1 is 1.10 bits per heavy atom. The molecule has 2 aromatic carbocycles. The van der Waals surface area contributed by atoms with Crippen LogP contribution in [0.1, 0.15) is 5.56 Å². The number of halogens is 1. The molecule has 0 heterocycles. The molecule has 0 radical (unpaired) electrons. The molecule has 0 aliphatic rings. The number of anilines is 2. The fraction of sp³-hybridized carbons (Fsp3) is 0.133. The zero-order valence-electron chi connectivity index (χ0n) is 11.2. The van der Waals surface area contributed by atoms with E-state index in [9.17, 15) is 4.79 Å². The van der Waals surface area contributed by atoms with Crippen LogP contribution in [-0.4, -0.2) is 13.1 Å². The van der Waals surface area contributed by atoms with Crippen molar-refractivity contribution in [2.45, 2.75) is 6.92 Å². The minimum absolute atomic E-state index is 0.281. The Balaban J connectivity index is 2.03. The maximum atomic E-state index is 11.9. The van der Waals surface area contributed by atoms with Crippen LogP contribution in [0.4, 0.5) is 16.2 Å². The van der Waals surface area contributed by atoms with Crippen molar-refractivity contribution in [1.29, 1.82) is 0 Å². The summed E-state index contributed by atoms with van der Waals surface area (Å²) in [6.07, 6.45) is 0. The average Bonchev–Trinajstić information content (AvgIpc) is 2.43. The predicted molar refractivity (Wildman–Crippen MR) is 84.5 cm³/mol. The molecule has 5 heteroatoms. The van der Waals surface area contributed by atoms with Gasteiger partial charge in [-0.05, 0) is 48.9 Å². The molecule has 0 aromatic heterocycles. The zero-order valence-corrected chi connectivity index (χ0v) is 12.8. The highest BCUT2D eigenvalue weighted by Crippen LogP contribution is 2.21. The van der Waals surface area contributed by atoms with E-state index in [4.69, 9.17) is 4.74 Å². The molecule has 0 unspecified atom stereocenters. The fourth-order valence-electron chi connectivity index (χ4n) is 1.69. The first-order valence-corrected chi connectivity index (χ1v) is 6.86. The molecule has 2 rings (SSSR count). The molecule has 0 saturated heterocycles. The lowest BCUT2D eigenvalue weighted by Gasteiger charge is -2.10. The fourth-order valence-corrected chi connectivity index (χ4v) is 2.05. The number of carbonyl (C=O) groups is 1. The van der Waals surface area contributed by atoms with Crippen molar-refractivity contribution < 1.29 is 9.53 Å². The van der Waals surface area contributed by atoms with Crippen molar-refractivity contribution in [3.05, 3.63) is 52.5 Å². The van der Waals surface area contributed by atoms with E-state index in [0.717, 1.165) is 21.5 Å². The molecule has 0 aliphatic heterocycles. The van der Waals surface area contributed by atoms with Gasteiger partial charge in [-0.1, -0.05) is 22.0 Å². The van der Waals surface area contributed by atoms with Crippen LogP contribution in [0.2, 0.25) is 0 Å². The summed E-state index contributed by atoms with van der Waals surface area (Å²) in [5.41, 5.74) is 2.47. The summed E-state index contributed by atoms with van der Waals surface area (Å²) in [5.74, 6) is 0.749. The number of hydrogen-bond acceptors (Lipinski definition) is 2. The molecule has 0 spiro atoms. The van der Waals surface area contributed by atoms with Gasteiger partial charge in [0.1, 0.15) is 5.75 Å². The van der Waals surface area contributed by atoms with Gasteiger partial charge in [-0.15, -0.1) is 0 Å². The van der Waals surface area contributed by atoms with Gasteiger partial charge in [-0.2, -0.15) is 0 Å². The van der Waals surface area contributed by atoms with E-state index in [1.165, 1.54) is 0 Å². The number of carbonyl (C=O) groups excluding carboxylic acids is 1. The minimum Gasteiger partial charge on any atom is -0.497 e. The predicted octanol–water partition coefficient (Wildman–Crippen LogP) is 4.41. The summed E-state index contributed by atoms with van der Waals surface area (Å²) >= 11 is 3.38. The Kier molecular flexibility index (Phi) is 4.63. The Hall–Kier alpha value is -2.01. The van der Waals surface area contributed by atoms with E-state index in [1.54, 1.807) is 31.4 Å². The highest BCUT2D eigenvalue weighted by atomic mass is 79.9. The number of benzene rings is 2. The SMILES string of the molecule is COc1ccc(NC(=O)Nc2cc(Br)ccc2C)cc1. The van der Waals surface area contributed by atoms with Crippen LogP contribution in [0, 0.1) is 6.92 Å². The van der Waals surface area contributed by atoms with E-state index in [-0.39, 0.29) is 6.03 Å². The number of methoxy groups -OCH3 is 1. The first-order valence-electron chi connectivity index (χ1n) is 6.06. The lowest BCUT2D eigenvalue weighted by Crippen LogP contribution is -2.19. The van der Waals surface area contributed by atoms with E-state index in [2.05, 4.69) is 26.6 Å². The van der Waals surface area contributed by atoms with Crippen LogP contribution >= 0.6 is 15.9 Å². The van der Waals surface area contributed by atoms with Gasteiger partial charge in [-0.25, -0.2) is 4.79 Å². The van der Waals surface area contributed by atoms with Gasteiger partial charge in [0.25, 0.3) is 0 Å². The van der Waals surface area contributed by atoms with Gasteiger partial charge in [-0.3, -0.25) is 0 Å². The third kappa shape index (κ3) is 3.74. The molecular formula is C15H15BrN2O2. The molecule has 2 amide bonds. The normalized spacial score (nSPS) is 9.95. The van der Waals surface area contributed by atoms with Crippen LogP contribution < -0.4 is 15.4 Å². The summed E-state index contributed by atoms with van der Waals surface area (Å²) in [6.45, 7) is 1.94. The number of amides is 2. The van der Waals surface area contributed by atoms with Crippen LogP contribution in [0.15, 0.2) is 46.9 Å². The van der Waals surface area contributed by atoms with Gasteiger partial charge in [0, 0.05) is 15.8 Å². The first-order chi connectivity index (χ1) is 9.58. The topological polar surface area (TPSA) is 50.4 Å². The third-order valence-corrected chi connectivity index (χ3v) is 3.29. The number of ether oxygens (including phenoxy) is 1. The monoisotopic (exact) mass is 334 g/mol. The zero-order chi connectivity index (χ0) is 14.5. The molecular weight excluding hydrogens is 320 g/mol. The summed E-state index contributed by atoms with van der Waals surface area (Å²) in [5, 5.41) is 5.58. The second kappa shape index (κ2) is 6.43. The molecule has 0 atom stereocenters. The molecule has 0 fully saturated rings. The molecule has 0 bridgehead atoms. The maximum absolute atomic E-state index is 11.9. The lowest BCUT2D eigenvalue weighted by atomic mass is 10.2. The minimum atomic E-state index is -0.281. The molecule has 20 heavy (non-hydrogen) atoms. The summed E-state index contributed by atoms with van der Waals surface area (Å²) in [7, 11) is 1.60. The number of aryl methyl sites for hydroxylation is 1. The number of rotatable bonds is 3. The van der Waals surface area contributed by atoms with Crippen LogP contribution in [0.3, 0.4) is 0 Å². The van der Waals surface area contributed by atoms with Gasteiger partial charge >= 0.3 is 6.03 Å². The summed E-state index contributed by atoms with van der Waals surface area (Å²) < 4.78 is 5.98. The van der Waals surface area contributed by atoms with Crippen LogP contribution in [0.25, 0.3) is 0 Å². The number of urea groups is 1. The van der Waals surface area contributed by atoms with E-state index in [0.29, 0.717) is 5.69 Å². The standard InChI is InChI=1S/C15H15BrN2O2/c1-10-3-4-11(16)9-14(10)18-15(19)17-12-5-7-13(20-2)8-6-12/h3-9H,1-2H3,(H2,17,18,19). The van der Waals surface area contributed by atoms with Crippen molar-refractivity contribution in [1.82, 2.24) is 0 Å². The van der Waals surface area contributed by atoms with Gasteiger partial charge in [0.15, 0.2) is 0 Å². The van der Waals surface area contributed by atoms with Gasteiger partial charge < -0.3 is 15.4 Å². The molecule has 4 nitrogen and oxygen atoms in total. The van der Waals surface area contributed by atoms with E-state index >= 15 is 0 Å². The van der Waals surface area contributed by atoms with E-state index in [1.807, 2.05) is 25.1 Å². The van der Waals surface area contributed by atoms with Crippen molar-refractivity contribution in [3.63, 3.8) is 0 Å². The molecule has 104 valence electrons. The number of nitrogens with one attached hydrogen (secondary N) is 2. The lowest BCUT2D eigenvalue weighted by molar-refractivity contribution is 0.262. The largest absolute Gasteiger partial charge is 0.497 e. The smallest absolute Gasteiger partial charge is 0.323 e. The van der Waals surface area contributed by atoms with Crippen molar-refractivity contribution in [2.75, 3.05) is 17.7 Å². The third-order valence-electron chi connectivity index (χ3n) is 2.80. The Bertz CT molecular complexity index is 612. The Labute approximate surface area is 126 Å². The number of hydrogen-bond donors (Lipinski definition) is 2. The summed E-state index contributed by atoms with van der Waals surface area (Å²) in [4.78, 5) is 11.9. The first kappa shape index (κ1) is 14.4. The molecule has 2 aromatic rings. The second-order valence-corrected chi connectivity index (χ2v) is 5.18. The van der Waals surface area contributed by atoms with Gasteiger partial charge in [0.2, 0.25) is 0 Å². The van der Waals surface area contributed by atoms with Crippen LogP contribution in [0.5, 0.6) is 5.75 Å². The molecule has 0 aliphatic carbocycles. The van der Waals surface area contributed by atoms with Gasteiger partial charge in [0.05, 0.1) is 7.11 Å². The quantitative estimate of drug-likeness (QED) is 0.873. The summed E-state index contributed by atoms with van der Waals surface area (Å²) in [6, 6.07) is 12.6. The highest BCUT2D eigenvalue weighted by Gasteiger charge is 2.05. The Morgan fingerprint density at radius 3 is 2.45 bits per heavy atom. The van der Waals surface area contributed by atoms with Crippen molar-refractivity contribution in [2.24, 2.45) is 0 Å². The second-order valence-electron chi connectivity index (χ2n) is 4.27. The average molecular weight is 335 g/mol.